The SMILES string of the molecule is C=CC(=O)OCCCCCCOc1ccc(C(=O)Oc2ccc(/C=N/N=C/c3ccc(C)cc3)cc2C(=O)CO)cc1. The first-order valence-electron chi connectivity index (χ1n) is 13.5. The Hall–Kier alpha value is -4.89. The van der Waals surface area contributed by atoms with Gasteiger partial charge in [-0.3, -0.25) is 4.79 Å². The quantitative estimate of drug-likeness (QED) is 0.0458. The van der Waals surface area contributed by atoms with Gasteiger partial charge in [0.15, 0.2) is 5.78 Å². The van der Waals surface area contributed by atoms with Crippen LogP contribution in [0.2, 0.25) is 0 Å². The van der Waals surface area contributed by atoms with Crippen molar-refractivity contribution in [3.63, 3.8) is 0 Å². The van der Waals surface area contributed by atoms with E-state index in [1.165, 1.54) is 18.3 Å². The number of aliphatic hydroxyl groups excluding tert-OH is 1. The summed E-state index contributed by atoms with van der Waals surface area (Å²) in [7, 11) is 0. The van der Waals surface area contributed by atoms with Gasteiger partial charge >= 0.3 is 11.9 Å². The summed E-state index contributed by atoms with van der Waals surface area (Å²) in [5.41, 5.74) is 2.91. The van der Waals surface area contributed by atoms with Crippen LogP contribution in [0.15, 0.2) is 89.6 Å². The van der Waals surface area contributed by atoms with Crippen molar-refractivity contribution in [3.8, 4) is 11.5 Å². The molecule has 3 aromatic carbocycles. The first-order chi connectivity index (χ1) is 20.4. The summed E-state index contributed by atoms with van der Waals surface area (Å²) < 4.78 is 16.1. The van der Waals surface area contributed by atoms with Gasteiger partial charge in [0.1, 0.15) is 18.1 Å². The number of Topliss-reactive ketones (excluding diaryl/α,β-unsaturated/α-hetero) is 1. The molecule has 3 rings (SSSR count). The highest BCUT2D eigenvalue weighted by Gasteiger charge is 2.17. The molecule has 0 radical (unpaired) electrons. The summed E-state index contributed by atoms with van der Waals surface area (Å²) in [4.78, 5) is 36.1. The van der Waals surface area contributed by atoms with Gasteiger partial charge in [0.2, 0.25) is 0 Å². The molecule has 0 unspecified atom stereocenters. The van der Waals surface area contributed by atoms with E-state index < -0.39 is 24.3 Å². The molecule has 0 heterocycles. The molecule has 1 N–H and O–H groups in total. The normalized spacial score (nSPS) is 11.0. The largest absolute Gasteiger partial charge is 0.494 e. The number of esters is 2. The van der Waals surface area contributed by atoms with Gasteiger partial charge in [-0.15, -0.1) is 0 Å². The molecule has 0 aromatic heterocycles. The summed E-state index contributed by atoms with van der Waals surface area (Å²) in [5.74, 6) is -1.04. The van der Waals surface area contributed by atoms with Crippen molar-refractivity contribution in [3.05, 3.63) is 107 Å². The van der Waals surface area contributed by atoms with Gasteiger partial charge in [0.05, 0.1) is 36.8 Å². The lowest BCUT2D eigenvalue weighted by molar-refractivity contribution is -0.137. The highest BCUT2D eigenvalue weighted by molar-refractivity contribution is 6.02. The smallest absolute Gasteiger partial charge is 0.343 e. The summed E-state index contributed by atoms with van der Waals surface area (Å²) in [6.45, 7) is 5.49. The number of carbonyl (C=O) groups is 3. The molecule has 9 heteroatoms. The number of aryl methyl sites for hydroxylation is 1. The fraction of sp³-hybridized carbons (Fsp3) is 0.242. The lowest BCUT2D eigenvalue weighted by Crippen LogP contribution is -2.13. The Labute approximate surface area is 245 Å². The Morgan fingerprint density at radius 3 is 2.14 bits per heavy atom. The molecule has 218 valence electrons. The lowest BCUT2D eigenvalue weighted by atomic mass is 10.1. The molecule has 3 aromatic rings. The van der Waals surface area contributed by atoms with Crippen molar-refractivity contribution >= 4 is 30.2 Å². The molecular formula is C33H34N2O7. The van der Waals surface area contributed by atoms with Crippen LogP contribution in [0.3, 0.4) is 0 Å². The number of ether oxygens (including phenoxy) is 3. The molecule has 0 bridgehead atoms. The minimum Gasteiger partial charge on any atom is -0.494 e. The second-order valence-electron chi connectivity index (χ2n) is 9.28. The van der Waals surface area contributed by atoms with Crippen LogP contribution in [0.5, 0.6) is 11.5 Å². The van der Waals surface area contributed by atoms with E-state index in [1.54, 1.807) is 36.5 Å². The maximum atomic E-state index is 12.8. The summed E-state index contributed by atoms with van der Waals surface area (Å²) >= 11 is 0. The van der Waals surface area contributed by atoms with Gasteiger partial charge in [-0.2, -0.15) is 10.2 Å². The Balaban J connectivity index is 1.52. The maximum Gasteiger partial charge on any atom is 0.343 e. The topological polar surface area (TPSA) is 124 Å². The number of unbranched alkanes of at least 4 members (excludes halogenated alkanes) is 3. The van der Waals surface area contributed by atoms with Crippen LogP contribution in [0.4, 0.5) is 0 Å². The van der Waals surface area contributed by atoms with Crippen molar-refractivity contribution in [2.75, 3.05) is 19.8 Å². The Kier molecular flexibility index (Phi) is 12.8. The average Bonchev–Trinajstić information content (AvgIpc) is 3.01. The van der Waals surface area contributed by atoms with Crippen molar-refractivity contribution in [2.24, 2.45) is 10.2 Å². The highest BCUT2D eigenvalue weighted by atomic mass is 16.5. The minimum atomic E-state index is -0.745. The van der Waals surface area contributed by atoms with Gasteiger partial charge in [0.25, 0.3) is 0 Å². The van der Waals surface area contributed by atoms with E-state index in [9.17, 15) is 19.5 Å². The summed E-state index contributed by atoms with van der Waals surface area (Å²) in [6, 6.07) is 18.9. The Morgan fingerprint density at radius 1 is 0.833 bits per heavy atom. The number of carbonyl (C=O) groups excluding carboxylic acids is 3. The van der Waals surface area contributed by atoms with E-state index in [0.717, 1.165) is 42.9 Å². The summed E-state index contributed by atoms with van der Waals surface area (Å²) in [5, 5.41) is 17.5. The van der Waals surface area contributed by atoms with Crippen LogP contribution in [0, 0.1) is 6.92 Å². The van der Waals surface area contributed by atoms with Gasteiger partial charge in [-0.1, -0.05) is 36.4 Å². The predicted molar refractivity (Wildman–Crippen MR) is 161 cm³/mol. The van der Waals surface area contributed by atoms with Crippen LogP contribution < -0.4 is 9.47 Å². The lowest BCUT2D eigenvalue weighted by Gasteiger charge is -2.10. The van der Waals surface area contributed by atoms with Gasteiger partial charge in [-0.05, 0) is 86.2 Å². The van der Waals surface area contributed by atoms with Gasteiger partial charge in [0, 0.05) is 6.08 Å². The number of nitrogens with zero attached hydrogens (tertiary/aromatic N) is 2. The molecule has 0 aliphatic carbocycles. The van der Waals surface area contributed by atoms with Crippen molar-refractivity contribution < 1.29 is 33.7 Å². The second-order valence-corrected chi connectivity index (χ2v) is 9.28. The van der Waals surface area contributed by atoms with Crippen LogP contribution in [-0.4, -0.2) is 55.1 Å². The zero-order valence-electron chi connectivity index (χ0n) is 23.5. The van der Waals surface area contributed by atoms with Gasteiger partial charge < -0.3 is 19.3 Å². The maximum absolute atomic E-state index is 12.8. The monoisotopic (exact) mass is 570 g/mol. The number of hydrogen-bond donors (Lipinski definition) is 1. The Bertz CT molecular complexity index is 1410. The third-order valence-electron chi connectivity index (χ3n) is 6.02. The van der Waals surface area contributed by atoms with Crippen LogP contribution in [-0.2, 0) is 9.53 Å². The zero-order chi connectivity index (χ0) is 30.2. The minimum absolute atomic E-state index is 0.0268. The number of benzene rings is 3. The molecule has 0 fully saturated rings. The fourth-order valence-corrected chi connectivity index (χ4v) is 3.70. The van der Waals surface area contributed by atoms with Crippen molar-refractivity contribution in [1.82, 2.24) is 0 Å². The molecule has 0 saturated heterocycles. The molecule has 0 atom stereocenters. The van der Waals surface area contributed by atoms with E-state index in [0.29, 0.717) is 24.5 Å². The average molecular weight is 571 g/mol. The molecule has 0 aliphatic rings. The third kappa shape index (κ3) is 10.6. The van der Waals surface area contributed by atoms with Gasteiger partial charge in [-0.25, -0.2) is 9.59 Å². The molecular weight excluding hydrogens is 536 g/mol. The molecule has 0 amide bonds. The molecule has 42 heavy (non-hydrogen) atoms. The first-order valence-corrected chi connectivity index (χ1v) is 13.5. The highest BCUT2D eigenvalue weighted by Crippen LogP contribution is 2.23. The zero-order valence-corrected chi connectivity index (χ0v) is 23.5. The molecule has 0 aliphatic heterocycles. The standard InChI is InChI=1S/C33H34N2O7/c1-3-32(38)41-19-7-5-4-6-18-40-28-15-13-27(14-16-28)33(39)42-31-17-12-26(20-29(31)30(37)23-36)22-35-34-21-25-10-8-24(2)9-11-25/h3,8-17,20-22,36H,1,4-7,18-19,23H2,2H3/b34-21+,35-22+. The third-order valence-corrected chi connectivity index (χ3v) is 6.02. The molecule has 0 spiro atoms. The van der Waals surface area contributed by atoms with Crippen LogP contribution in [0.1, 0.15) is 63.1 Å². The number of aliphatic hydroxyl groups is 1. The number of rotatable bonds is 16. The van der Waals surface area contributed by atoms with Crippen LogP contribution in [0.25, 0.3) is 0 Å². The van der Waals surface area contributed by atoms with Crippen molar-refractivity contribution in [1.29, 1.82) is 0 Å². The van der Waals surface area contributed by atoms with E-state index in [1.807, 2.05) is 31.2 Å². The molecule has 9 nitrogen and oxygen atoms in total. The van der Waals surface area contributed by atoms with E-state index in [-0.39, 0.29) is 16.9 Å². The fourth-order valence-electron chi connectivity index (χ4n) is 3.70. The number of hydrogen-bond acceptors (Lipinski definition) is 9. The Morgan fingerprint density at radius 2 is 1.48 bits per heavy atom. The number of ketones is 1. The first kappa shape index (κ1) is 31.6. The predicted octanol–water partition coefficient (Wildman–Crippen LogP) is 5.51. The van der Waals surface area contributed by atoms with E-state index >= 15 is 0 Å². The van der Waals surface area contributed by atoms with E-state index in [4.69, 9.17) is 14.2 Å². The van der Waals surface area contributed by atoms with Crippen molar-refractivity contribution in [2.45, 2.75) is 32.6 Å². The van der Waals surface area contributed by atoms with Crippen LogP contribution >= 0.6 is 0 Å². The second kappa shape index (κ2) is 17.0. The summed E-state index contributed by atoms with van der Waals surface area (Å²) in [6.07, 6.45) is 7.67. The van der Waals surface area contributed by atoms with E-state index in [2.05, 4.69) is 16.8 Å². The molecule has 0 saturated carbocycles.